The maximum absolute atomic E-state index is 5.16. The second-order valence-electron chi connectivity index (χ2n) is 3.41. The van der Waals surface area contributed by atoms with E-state index < -0.39 is 0 Å². The zero-order chi connectivity index (χ0) is 10.1. The minimum absolute atomic E-state index is 0. The van der Waals surface area contributed by atoms with E-state index in [1.54, 1.807) is 17.7 Å². The Morgan fingerprint density at radius 1 is 1.47 bits per heavy atom. The van der Waals surface area contributed by atoms with E-state index in [-0.39, 0.29) is 7.47 Å². The zero-order valence-corrected chi connectivity index (χ0v) is 8.83. The van der Waals surface area contributed by atoms with E-state index in [1.807, 2.05) is 0 Å². The van der Waals surface area contributed by atoms with Gasteiger partial charge in [-0.2, -0.15) is 0 Å². The van der Waals surface area contributed by atoms with Crippen LogP contribution in [-0.2, 0) is 4.84 Å². The van der Waals surface area contributed by atoms with Crippen LogP contribution in [0.1, 0.15) is 13.0 Å². The van der Waals surface area contributed by atoms with Crippen molar-refractivity contribution in [3.63, 3.8) is 0 Å². The summed E-state index contributed by atoms with van der Waals surface area (Å²) >= 11 is 1.76. The van der Waals surface area contributed by atoms with Gasteiger partial charge in [0.1, 0.15) is 19.0 Å². The molecule has 1 aliphatic rings. The van der Waals surface area contributed by atoms with E-state index in [1.165, 1.54) is 15.6 Å². The largest absolute Gasteiger partial charge is 0.273 e. The lowest BCUT2D eigenvalue weighted by Gasteiger charge is -2.16. The first-order valence-electron chi connectivity index (χ1n) is 4.80. The molecule has 1 aromatic carbocycles. The maximum Gasteiger partial charge on any atom is 0.108 e. The average molecular weight is 220 g/mol. The highest BCUT2D eigenvalue weighted by molar-refractivity contribution is 7.17. The van der Waals surface area contributed by atoms with Crippen molar-refractivity contribution in [1.29, 1.82) is 0 Å². The molecule has 0 spiro atoms. The first kappa shape index (κ1) is 8.88. The summed E-state index contributed by atoms with van der Waals surface area (Å²) in [6.45, 7) is 0.594. The molecule has 3 nitrogen and oxygen atoms in total. The Bertz CT molecular complexity index is 511. The van der Waals surface area contributed by atoms with E-state index in [0.29, 0.717) is 6.61 Å². The summed E-state index contributed by atoms with van der Waals surface area (Å²) in [4.78, 5) is 9.53. The molecule has 1 unspecified atom stereocenters. The molecule has 0 fully saturated rings. The number of aliphatic imine (C=N–C) groups is 1. The third-order valence-corrected chi connectivity index (χ3v) is 3.48. The van der Waals surface area contributed by atoms with Crippen molar-refractivity contribution in [2.75, 3.05) is 6.61 Å². The first-order chi connectivity index (χ1) is 7.45. The highest BCUT2D eigenvalue weighted by Gasteiger charge is 2.16. The van der Waals surface area contributed by atoms with E-state index >= 15 is 0 Å². The van der Waals surface area contributed by atoms with Crippen LogP contribution in [0.15, 0.2) is 34.6 Å². The van der Waals surface area contributed by atoms with Crippen molar-refractivity contribution < 1.29 is 6.26 Å². The lowest BCUT2D eigenvalue weighted by atomic mass is 10.1. The summed E-state index contributed by atoms with van der Waals surface area (Å²) in [5.74, 6) is 0. The van der Waals surface area contributed by atoms with Crippen molar-refractivity contribution in [2.45, 2.75) is 6.04 Å². The molecule has 0 saturated carbocycles. The Kier molecular flexibility index (Phi) is 2.16. The van der Waals surface area contributed by atoms with Crippen molar-refractivity contribution in [2.24, 2.45) is 4.99 Å². The number of hydrogen-bond acceptors (Lipinski definition) is 4. The SMILES string of the molecule is C1=NC(c2csc3ccccc23)CON1.[HH]. The van der Waals surface area contributed by atoms with Gasteiger partial charge in [-0.05, 0) is 22.4 Å². The van der Waals surface area contributed by atoms with Crippen molar-refractivity contribution in [3.05, 3.63) is 35.2 Å². The molecule has 1 atom stereocenters. The summed E-state index contributed by atoms with van der Waals surface area (Å²) in [5, 5.41) is 3.46. The molecule has 1 N–H and O–H groups in total. The smallest absolute Gasteiger partial charge is 0.108 e. The second kappa shape index (κ2) is 3.64. The van der Waals surface area contributed by atoms with E-state index in [4.69, 9.17) is 4.84 Å². The molecule has 78 valence electrons. The normalized spacial score (nSPS) is 20.4. The fraction of sp³-hybridized carbons (Fsp3) is 0.182. The van der Waals surface area contributed by atoms with Gasteiger partial charge < -0.3 is 0 Å². The van der Waals surface area contributed by atoms with Gasteiger partial charge in [-0.1, -0.05) is 18.2 Å². The second-order valence-corrected chi connectivity index (χ2v) is 4.32. The van der Waals surface area contributed by atoms with Crippen LogP contribution in [0.25, 0.3) is 10.1 Å². The monoisotopic (exact) mass is 220 g/mol. The topological polar surface area (TPSA) is 33.6 Å². The highest BCUT2D eigenvalue weighted by Crippen LogP contribution is 2.32. The number of benzene rings is 1. The van der Waals surface area contributed by atoms with E-state index in [0.717, 1.165) is 0 Å². The Hall–Kier alpha value is -1.39. The van der Waals surface area contributed by atoms with Gasteiger partial charge in [0.15, 0.2) is 0 Å². The number of fused-ring (bicyclic) bond motifs is 1. The molecule has 15 heavy (non-hydrogen) atoms. The minimum atomic E-state index is 0. The molecule has 4 heteroatoms. The van der Waals surface area contributed by atoms with Crippen LogP contribution >= 0.6 is 11.3 Å². The molecule has 0 aliphatic carbocycles. The molecule has 1 aliphatic heterocycles. The number of hydrogen-bond donors (Lipinski definition) is 1. The average Bonchev–Trinajstić information content (AvgIpc) is 2.74. The first-order valence-corrected chi connectivity index (χ1v) is 5.68. The van der Waals surface area contributed by atoms with Crippen molar-refractivity contribution in [1.82, 2.24) is 5.48 Å². The molecule has 0 bridgehead atoms. The Labute approximate surface area is 92.8 Å². The van der Waals surface area contributed by atoms with Crippen LogP contribution in [-0.4, -0.2) is 12.9 Å². The van der Waals surface area contributed by atoms with Gasteiger partial charge in [0.25, 0.3) is 0 Å². The third-order valence-electron chi connectivity index (χ3n) is 2.50. The van der Waals surface area contributed by atoms with Crippen LogP contribution in [0.5, 0.6) is 0 Å². The molecule has 1 aromatic heterocycles. The Morgan fingerprint density at radius 3 is 3.27 bits per heavy atom. The fourth-order valence-corrected chi connectivity index (χ4v) is 2.76. The summed E-state index contributed by atoms with van der Waals surface area (Å²) in [6, 6.07) is 8.52. The van der Waals surface area contributed by atoms with E-state index in [9.17, 15) is 0 Å². The van der Waals surface area contributed by atoms with Crippen LogP contribution in [0.2, 0.25) is 0 Å². The molecular weight excluding hydrogens is 208 g/mol. The molecule has 0 amide bonds. The highest BCUT2D eigenvalue weighted by atomic mass is 32.1. The third kappa shape index (κ3) is 1.52. The zero-order valence-electron chi connectivity index (χ0n) is 8.01. The number of nitrogens with zero attached hydrogens (tertiary/aromatic N) is 1. The Morgan fingerprint density at radius 2 is 2.40 bits per heavy atom. The maximum atomic E-state index is 5.16. The van der Waals surface area contributed by atoms with Gasteiger partial charge in [-0.25, -0.2) is 0 Å². The summed E-state index contributed by atoms with van der Waals surface area (Å²) < 4.78 is 1.31. The minimum Gasteiger partial charge on any atom is -0.273 e. The number of nitrogens with one attached hydrogen (secondary N) is 1. The van der Waals surface area contributed by atoms with Gasteiger partial charge in [-0.15, -0.1) is 11.3 Å². The lowest BCUT2D eigenvalue weighted by Crippen LogP contribution is -2.22. The van der Waals surface area contributed by atoms with Crippen LogP contribution in [0.4, 0.5) is 0 Å². The molecule has 0 saturated heterocycles. The van der Waals surface area contributed by atoms with Gasteiger partial charge in [0, 0.05) is 6.13 Å². The van der Waals surface area contributed by atoms with Crippen molar-refractivity contribution in [3.8, 4) is 0 Å². The Balaban J connectivity index is 0.000000963. The van der Waals surface area contributed by atoms with Gasteiger partial charge >= 0.3 is 0 Å². The lowest BCUT2D eigenvalue weighted by molar-refractivity contribution is 0.0663. The number of hydroxylamine groups is 1. The van der Waals surface area contributed by atoms with E-state index in [2.05, 4.69) is 40.1 Å². The predicted octanol–water partition coefficient (Wildman–Crippen LogP) is 2.75. The molecule has 0 radical (unpaired) electrons. The van der Waals surface area contributed by atoms with Crippen LogP contribution < -0.4 is 5.48 Å². The van der Waals surface area contributed by atoms with Crippen LogP contribution in [0.3, 0.4) is 0 Å². The number of rotatable bonds is 1. The van der Waals surface area contributed by atoms with Crippen LogP contribution in [0, 0.1) is 0 Å². The fourth-order valence-electron chi connectivity index (χ4n) is 1.75. The predicted molar refractivity (Wildman–Crippen MR) is 64.3 cm³/mol. The summed E-state index contributed by atoms with van der Waals surface area (Å²) in [6.07, 6.45) is 1.61. The van der Waals surface area contributed by atoms with Gasteiger partial charge in [-0.3, -0.25) is 15.3 Å². The molecule has 3 rings (SSSR count). The standard InChI is InChI=1S/C11H10N2OS.H2/c1-2-4-11-8(3-1)9(6-15-11)10-5-14-13-7-12-10;/h1-4,6-7,10H,5H2,(H,12,13);1H. The summed E-state index contributed by atoms with van der Waals surface area (Å²) in [5.41, 5.74) is 3.89. The van der Waals surface area contributed by atoms with Gasteiger partial charge in [0.05, 0.1) is 0 Å². The molecule has 2 aromatic rings. The van der Waals surface area contributed by atoms with Crippen molar-refractivity contribution >= 4 is 27.8 Å². The summed E-state index contributed by atoms with van der Waals surface area (Å²) in [7, 11) is 0. The molecule has 2 heterocycles. The quantitative estimate of drug-likeness (QED) is 0.801. The molecular formula is C11H12N2OS. The number of thiophene rings is 1. The van der Waals surface area contributed by atoms with Gasteiger partial charge in [0.2, 0.25) is 0 Å².